The Hall–Kier alpha value is -0.920. The quantitative estimate of drug-likeness (QED) is 0.453. The molecule has 0 amide bonds. The number of nitro groups is 1. The van der Waals surface area contributed by atoms with E-state index in [1.165, 1.54) is 12.1 Å². The van der Waals surface area contributed by atoms with E-state index in [1.54, 1.807) is 12.1 Å². The number of hydrogen-bond donors (Lipinski definition) is 1. The number of nitrogens with one attached hydrogen (secondary N) is 1. The number of hydrogen-bond acceptors (Lipinski definition) is 3. The smallest absolute Gasteiger partial charge is 0.269 e. The van der Waals surface area contributed by atoms with E-state index in [-0.39, 0.29) is 5.69 Å². The Bertz CT molecular complexity index is 637. The van der Waals surface area contributed by atoms with Crippen molar-refractivity contribution in [2.75, 3.05) is 11.9 Å². The van der Waals surface area contributed by atoms with Gasteiger partial charge in [-0.2, -0.15) is 0 Å². The lowest BCUT2D eigenvalue weighted by Gasteiger charge is -2.11. The summed E-state index contributed by atoms with van der Waals surface area (Å²) in [6, 6.07) is 10.6. The highest BCUT2D eigenvalue weighted by atomic mass is 79.9. The molecule has 21 heavy (non-hydrogen) atoms. The van der Waals surface area contributed by atoms with Crippen molar-refractivity contribution in [3.8, 4) is 0 Å². The van der Waals surface area contributed by atoms with E-state index in [2.05, 4.69) is 53.1 Å². The zero-order valence-electron chi connectivity index (χ0n) is 10.8. The van der Waals surface area contributed by atoms with Gasteiger partial charge in [0, 0.05) is 32.1 Å². The first kappa shape index (κ1) is 16.5. The van der Waals surface area contributed by atoms with Crippen LogP contribution in [0.2, 0.25) is 0 Å². The minimum atomic E-state index is -0.391. The van der Waals surface area contributed by atoms with Crippen LogP contribution in [0.5, 0.6) is 0 Å². The van der Waals surface area contributed by atoms with E-state index in [9.17, 15) is 10.1 Å². The van der Waals surface area contributed by atoms with Crippen LogP contribution in [0, 0.1) is 10.1 Å². The third kappa shape index (κ3) is 4.52. The third-order valence-corrected chi connectivity index (χ3v) is 4.58. The van der Waals surface area contributed by atoms with Crippen LogP contribution in [0.4, 0.5) is 11.4 Å². The molecule has 2 aromatic rings. The molecule has 0 aliphatic heterocycles. The van der Waals surface area contributed by atoms with Gasteiger partial charge in [-0.3, -0.25) is 10.1 Å². The van der Waals surface area contributed by atoms with Crippen molar-refractivity contribution in [3.05, 3.63) is 65.5 Å². The van der Waals surface area contributed by atoms with E-state index in [0.717, 1.165) is 37.6 Å². The maximum absolute atomic E-state index is 10.6. The SMILES string of the molecule is O=[N+]([O-])c1ccc(CCNc2c(Br)cc(Br)cc2Br)cc1. The molecule has 0 fully saturated rings. The van der Waals surface area contributed by atoms with Crippen molar-refractivity contribution in [2.45, 2.75) is 6.42 Å². The van der Waals surface area contributed by atoms with Crippen LogP contribution >= 0.6 is 47.8 Å². The lowest BCUT2D eigenvalue weighted by molar-refractivity contribution is -0.384. The number of rotatable bonds is 5. The summed E-state index contributed by atoms with van der Waals surface area (Å²) in [5.41, 5.74) is 2.16. The fraction of sp³-hybridized carbons (Fsp3) is 0.143. The van der Waals surface area contributed by atoms with Gasteiger partial charge in [-0.15, -0.1) is 0 Å². The molecule has 0 aliphatic rings. The van der Waals surface area contributed by atoms with Crippen LogP contribution in [-0.4, -0.2) is 11.5 Å². The van der Waals surface area contributed by atoms with E-state index < -0.39 is 4.92 Å². The first-order valence-corrected chi connectivity index (χ1v) is 8.47. The first-order valence-electron chi connectivity index (χ1n) is 6.09. The molecule has 0 bridgehead atoms. The molecule has 2 rings (SSSR count). The van der Waals surface area contributed by atoms with Crippen LogP contribution in [0.15, 0.2) is 49.8 Å². The van der Waals surface area contributed by atoms with Gasteiger partial charge in [-0.1, -0.05) is 28.1 Å². The highest BCUT2D eigenvalue weighted by Crippen LogP contribution is 2.34. The third-order valence-electron chi connectivity index (χ3n) is 2.87. The van der Waals surface area contributed by atoms with Crippen molar-refractivity contribution in [2.24, 2.45) is 0 Å². The van der Waals surface area contributed by atoms with Crippen LogP contribution in [0.1, 0.15) is 5.56 Å². The van der Waals surface area contributed by atoms with Crippen molar-refractivity contribution < 1.29 is 4.92 Å². The lowest BCUT2D eigenvalue weighted by Crippen LogP contribution is -2.06. The standard InChI is InChI=1S/C14H11Br3N2O2/c15-10-7-12(16)14(13(17)8-10)18-6-5-9-1-3-11(4-2-9)19(20)21/h1-4,7-8,18H,5-6H2. The van der Waals surface area contributed by atoms with Gasteiger partial charge in [0.2, 0.25) is 0 Å². The predicted molar refractivity (Wildman–Crippen MR) is 94.8 cm³/mol. The molecular weight excluding hydrogens is 468 g/mol. The number of benzene rings is 2. The lowest BCUT2D eigenvalue weighted by atomic mass is 10.1. The van der Waals surface area contributed by atoms with Gasteiger partial charge in [0.05, 0.1) is 10.6 Å². The first-order chi connectivity index (χ1) is 9.97. The number of nitro benzene ring substituents is 1. The molecule has 0 saturated carbocycles. The Morgan fingerprint density at radius 1 is 1.05 bits per heavy atom. The number of non-ortho nitro benzene ring substituents is 1. The van der Waals surface area contributed by atoms with Gasteiger partial charge in [0.15, 0.2) is 0 Å². The van der Waals surface area contributed by atoms with E-state index in [1.807, 2.05) is 12.1 Å². The van der Waals surface area contributed by atoms with Crippen LogP contribution in [-0.2, 0) is 6.42 Å². The Morgan fingerprint density at radius 2 is 1.62 bits per heavy atom. The van der Waals surface area contributed by atoms with Gasteiger partial charge in [0.1, 0.15) is 0 Å². The summed E-state index contributed by atoms with van der Waals surface area (Å²) >= 11 is 10.5. The molecule has 1 N–H and O–H groups in total. The number of halogens is 3. The van der Waals surface area contributed by atoms with Gasteiger partial charge in [0.25, 0.3) is 5.69 Å². The van der Waals surface area contributed by atoms with Crippen LogP contribution in [0.25, 0.3) is 0 Å². The molecule has 0 saturated heterocycles. The monoisotopic (exact) mass is 476 g/mol. The zero-order valence-corrected chi connectivity index (χ0v) is 15.5. The van der Waals surface area contributed by atoms with Crippen molar-refractivity contribution in [1.29, 1.82) is 0 Å². The molecule has 0 aromatic heterocycles. The summed E-state index contributed by atoms with van der Waals surface area (Å²) in [6.45, 7) is 0.733. The number of nitrogens with zero attached hydrogens (tertiary/aromatic N) is 1. The minimum Gasteiger partial charge on any atom is -0.383 e. The van der Waals surface area contributed by atoms with Crippen LogP contribution in [0.3, 0.4) is 0 Å². The van der Waals surface area contributed by atoms with Gasteiger partial charge >= 0.3 is 0 Å². The second-order valence-electron chi connectivity index (χ2n) is 4.34. The van der Waals surface area contributed by atoms with Crippen LogP contribution < -0.4 is 5.32 Å². The minimum absolute atomic E-state index is 0.116. The molecule has 2 aromatic carbocycles. The molecule has 4 nitrogen and oxygen atoms in total. The molecule has 0 aliphatic carbocycles. The number of anilines is 1. The molecular formula is C14H11Br3N2O2. The fourth-order valence-corrected chi connectivity index (χ4v) is 4.37. The highest BCUT2D eigenvalue weighted by molar-refractivity contribution is 9.11. The van der Waals surface area contributed by atoms with Crippen molar-refractivity contribution in [3.63, 3.8) is 0 Å². The Balaban J connectivity index is 1.97. The summed E-state index contributed by atoms with van der Waals surface area (Å²) in [6.07, 6.45) is 0.785. The molecule has 0 radical (unpaired) electrons. The fourth-order valence-electron chi connectivity index (χ4n) is 1.83. The second kappa shape index (κ2) is 7.38. The predicted octanol–water partition coefficient (Wildman–Crippen LogP) is 5.54. The van der Waals surface area contributed by atoms with E-state index >= 15 is 0 Å². The molecule has 110 valence electrons. The average molecular weight is 479 g/mol. The summed E-state index contributed by atoms with van der Waals surface area (Å²) in [4.78, 5) is 10.2. The van der Waals surface area contributed by atoms with Gasteiger partial charge in [-0.05, 0) is 56.0 Å². The molecule has 0 atom stereocenters. The summed E-state index contributed by atoms with van der Waals surface area (Å²) < 4.78 is 2.92. The molecule has 0 spiro atoms. The van der Waals surface area contributed by atoms with E-state index in [0.29, 0.717) is 0 Å². The second-order valence-corrected chi connectivity index (χ2v) is 6.97. The molecule has 7 heteroatoms. The highest BCUT2D eigenvalue weighted by Gasteiger charge is 2.07. The van der Waals surface area contributed by atoms with Gasteiger partial charge < -0.3 is 5.32 Å². The van der Waals surface area contributed by atoms with E-state index in [4.69, 9.17) is 0 Å². The summed E-state index contributed by atoms with van der Waals surface area (Å²) in [7, 11) is 0. The zero-order chi connectivity index (χ0) is 15.4. The molecule has 0 heterocycles. The normalized spacial score (nSPS) is 10.4. The van der Waals surface area contributed by atoms with Crippen molar-refractivity contribution >= 4 is 59.2 Å². The Kier molecular flexibility index (Phi) is 5.78. The molecule has 0 unspecified atom stereocenters. The maximum atomic E-state index is 10.6. The topological polar surface area (TPSA) is 55.2 Å². The average Bonchev–Trinajstić information content (AvgIpc) is 2.42. The van der Waals surface area contributed by atoms with Crippen molar-refractivity contribution in [1.82, 2.24) is 0 Å². The Morgan fingerprint density at radius 3 is 2.14 bits per heavy atom. The van der Waals surface area contributed by atoms with Gasteiger partial charge in [-0.25, -0.2) is 0 Å². The largest absolute Gasteiger partial charge is 0.383 e. The maximum Gasteiger partial charge on any atom is 0.269 e. The summed E-state index contributed by atoms with van der Waals surface area (Å²) in [5, 5.41) is 13.9. The Labute approximate surface area is 147 Å². The summed E-state index contributed by atoms with van der Waals surface area (Å²) in [5.74, 6) is 0.